The Morgan fingerprint density at radius 3 is 2.05 bits per heavy atom. The van der Waals surface area contributed by atoms with Crippen LogP contribution in [0.3, 0.4) is 0 Å². The summed E-state index contributed by atoms with van der Waals surface area (Å²) in [5.74, 6) is 0. The van der Waals surface area contributed by atoms with Crippen LogP contribution in [0.2, 0.25) is 0 Å². The smallest absolute Gasteiger partial charge is 0.00644 e. The molecular weight excluding hydrogens is 244 g/mol. The molecule has 1 aliphatic rings. The van der Waals surface area contributed by atoms with Gasteiger partial charge in [-0.3, -0.25) is 0 Å². The standard InChI is InChI=1S/C18H38N2/c1-6-17(5)20(7-2)15-18(14-19-16(3)4)12-10-8-9-11-13-18/h16-17,19H,6-15H2,1-5H3. The molecule has 1 saturated carbocycles. The van der Waals surface area contributed by atoms with Gasteiger partial charge in [-0.05, 0) is 38.1 Å². The van der Waals surface area contributed by atoms with Crippen molar-refractivity contribution in [2.45, 2.75) is 91.6 Å². The van der Waals surface area contributed by atoms with E-state index in [4.69, 9.17) is 0 Å². The molecule has 2 heteroatoms. The fraction of sp³-hybridized carbons (Fsp3) is 1.00. The van der Waals surface area contributed by atoms with E-state index >= 15 is 0 Å². The van der Waals surface area contributed by atoms with Gasteiger partial charge in [-0.15, -0.1) is 0 Å². The number of nitrogens with one attached hydrogen (secondary N) is 1. The van der Waals surface area contributed by atoms with Gasteiger partial charge in [0.05, 0.1) is 0 Å². The van der Waals surface area contributed by atoms with Crippen LogP contribution in [-0.4, -0.2) is 36.6 Å². The largest absolute Gasteiger partial charge is 0.314 e. The maximum Gasteiger partial charge on any atom is 0.00644 e. The zero-order valence-electron chi connectivity index (χ0n) is 14.7. The predicted molar refractivity (Wildman–Crippen MR) is 90.3 cm³/mol. The lowest BCUT2D eigenvalue weighted by molar-refractivity contribution is 0.0989. The quantitative estimate of drug-likeness (QED) is 0.662. The molecule has 1 atom stereocenters. The van der Waals surface area contributed by atoms with Gasteiger partial charge in [-0.25, -0.2) is 0 Å². The summed E-state index contributed by atoms with van der Waals surface area (Å²) in [6.45, 7) is 15.3. The van der Waals surface area contributed by atoms with E-state index in [1.54, 1.807) is 0 Å². The van der Waals surface area contributed by atoms with Crippen LogP contribution in [0.1, 0.15) is 79.6 Å². The van der Waals surface area contributed by atoms with Crippen molar-refractivity contribution in [3.8, 4) is 0 Å². The molecule has 0 aliphatic heterocycles. The summed E-state index contributed by atoms with van der Waals surface area (Å²) in [7, 11) is 0. The van der Waals surface area contributed by atoms with Crippen molar-refractivity contribution in [2.75, 3.05) is 19.6 Å². The molecule has 0 amide bonds. The minimum absolute atomic E-state index is 0.514. The average molecular weight is 283 g/mol. The first-order valence-electron chi connectivity index (χ1n) is 9.00. The average Bonchev–Trinajstić information content (AvgIpc) is 2.68. The highest BCUT2D eigenvalue weighted by Gasteiger charge is 2.33. The molecule has 0 spiro atoms. The molecule has 2 nitrogen and oxygen atoms in total. The fourth-order valence-corrected chi connectivity index (χ4v) is 3.56. The first kappa shape index (κ1) is 18.0. The lowest BCUT2D eigenvalue weighted by atomic mass is 9.79. The van der Waals surface area contributed by atoms with Crippen LogP contribution in [0.5, 0.6) is 0 Å². The molecule has 1 aliphatic carbocycles. The lowest BCUT2D eigenvalue weighted by Crippen LogP contribution is -2.47. The first-order chi connectivity index (χ1) is 9.53. The number of hydrogen-bond donors (Lipinski definition) is 1. The molecule has 1 fully saturated rings. The maximum absolute atomic E-state index is 3.74. The zero-order chi connectivity index (χ0) is 15.0. The van der Waals surface area contributed by atoms with E-state index in [1.165, 1.54) is 64.6 Å². The topological polar surface area (TPSA) is 15.3 Å². The Labute approximate surface area is 127 Å². The van der Waals surface area contributed by atoms with Crippen LogP contribution >= 0.6 is 0 Å². The SMILES string of the molecule is CCC(C)N(CC)CC1(CNC(C)C)CCCCCC1. The predicted octanol–water partition coefficient (Wildman–Crippen LogP) is 4.45. The third-order valence-electron chi connectivity index (χ3n) is 5.21. The minimum Gasteiger partial charge on any atom is -0.314 e. The van der Waals surface area contributed by atoms with Crippen LogP contribution in [0, 0.1) is 5.41 Å². The van der Waals surface area contributed by atoms with Crippen molar-refractivity contribution in [1.29, 1.82) is 0 Å². The van der Waals surface area contributed by atoms with Crippen LogP contribution in [0.25, 0.3) is 0 Å². The summed E-state index contributed by atoms with van der Waals surface area (Å²) < 4.78 is 0. The Hall–Kier alpha value is -0.0800. The van der Waals surface area contributed by atoms with Gasteiger partial charge in [0.25, 0.3) is 0 Å². The second-order valence-electron chi connectivity index (χ2n) is 7.27. The van der Waals surface area contributed by atoms with E-state index in [-0.39, 0.29) is 0 Å². The number of nitrogens with zero attached hydrogens (tertiary/aromatic N) is 1. The molecule has 1 rings (SSSR count). The summed E-state index contributed by atoms with van der Waals surface area (Å²) in [6, 6.07) is 1.33. The fourth-order valence-electron chi connectivity index (χ4n) is 3.56. The van der Waals surface area contributed by atoms with E-state index in [9.17, 15) is 0 Å². The van der Waals surface area contributed by atoms with Crippen molar-refractivity contribution in [3.05, 3.63) is 0 Å². The molecule has 0 saturated heterocycles. The highest BCUT2D eigenvalue weighted by atomic mass is 15.2. The molecule has 0 aromatic carbocycles. The zero-order valence-corrected chi connectivity index (χ0v) is 14.7. The Kier molecular flexibility index (Phi) is 8.13. The van der Waals surface area contributed by atoms with Crippen molar-refractivity contribution < 1.29 is 0 Å². The van der Waals surface area contributed by atoms with Crippen LogP contribution < -0.4 is 5.32 Å². The number of rotatable bonds is 8. The highest BCUT2D eigenvalue weighted by Crippen LogP contribution is 2.36. The van der Waals surface area contributed by atoms with Gasteiger partial charge >= 0.3 is 0 Å². The van der Waals surface area contributed by atoms with E-state index in [0.29, 0.717) is 11.5 Å². The maximum atomic E-state index is 3.74. The monoisotopic (exact) mass is 282 g/mol. The Balaban J connectivity index is 2.73. The van der Waals surface area contributed by atoms with E-state index < -0.39 is 0 Å². The van der Waals surface area contributed by atoms with Crippen molar-refractivity contribution in [2.24, 2.45) is 5.41 Å². The molecule has 0 aromatic rings. The van der Waals surface area contributed by atoms with Gasteiger partial charge in [0, 0.05) is 25.2 Å². The van der Waals surface area contributed by atoms with Gasteiger partial charge in [0.2, 0.25) is 0 Å². The summed E-state index contributed by atoms with van der Waals surface area (Å²) >= 11 is 0. The first-order valence-corrected chi connectivity index (χ1v) is 9.00. The third kappa shape index (κ3) is 5.73. The molecule has 0 aromatic heterocycles. The Morgan fingerprint density at radius 2 is 1.60 bits per heavy atom. The van der Waals surface area contributed by atoms with Gasteiger partial charge in [-0.2, -0.15) is 0 Å². The van der Waals surface area contributed by atoms with Gasteiger partial charge in [-0.1, -0.05) is 53.4 Å². The molecule has 20 heavy (non-hydrogen) atoms. The summed E-state index contributed by atoms with van der Waals surface area (Å²) in [4.78, 5) is 2.72. The Morgan fingerprint density at radius 1 is 1.00 bits per heavy atom. The summed E-state index contributed by atoms with van der Waals surface area (Å²) in [5, 5.41) is 3.74. The Bertz CT molecular complexity index is 242. The van der Waals surface area contributed by atoms with Crippen LogP contribution in [0.4, 0.5) is 0 Å². The normalized spacial score (nSPS) is 21.1. The second kappa shape index (κ2) is 9.04. The van der Waals surface area contributed by atoms with E-state index in [0.717, 1.165) is 6.04 Å². The molecule has 1 unspecified atom stereocenters. The van der Waals surface area contributed by atoms with Crippen LogP contribution in [-0.2, 0) is 0 Å². The summed E-state index contributed by atoms with van der Waals surface area (Å²) in [5.41, 5.74) is 0.514. The van der Waals surface area contributed by atoms with Crippen LogP contribution in [0.15, 0.2) is 0 Å². The third-order valence-corrected chi connectivity index (χ3v) is 5.21. The summed E-state index contributed by atoms with van der Waals surface area (Å²) in [6.07, 6.45) is 9.84. The minimum atomic E-state index is 0.514. The van der Waals surface area contributed by atoms with E-state index in [1.807, 2.05) is 0 Å². The van der Waals surface area contributed by atoms with Crippen molar-refractivity contribution in [3.63, 3.8) is 0 Å². The molecule has 0 heterocycles. The molecule has 120 valence electrons. The molecule has 1 N–H and O–H groups in total. The van der Waals surface area contributed by atoms with E-state index in [2.05, 4.69) is 44.8 Å². The van der Waals surface area contributed by atoms with Gasteiger partial charge in [0.1, 0.15) is 0 Å². The highest BCUT2D eigenvalue weighted by molar-refractivity contribution is 4.88. The lowest BCUT2D eigenvalue weighted by Gasteiger charge is -2.41. The van der Waals surface area contributed by atoms with Crippen molar-refractivity contribution >= 4 is 0 Å². The van der Waals surface area contributed by atoms with Gasteiger partial charge < -0.3 is 10.2 Å². The number of hydrogen-bond acceptors (Lipinski definition) is 2. The van der Waals surface area contributed by atoms with Gasteiger partial charge in [0.15, 0.2) is 0 Å². The molecule has 0 radical (unpaired) electrons. The van der Waals surface area contributed by atoms with Crippen molar-refractivity contribution in [1.82, 2.24) is 10.2 Å². The second-order valence-corrected chi connectivity index (χ2v) is 7.27. The molecular formula is C18H38N2. The molecule has 0 bridgehead atoms.